The second kappa shape index (κ2) is 8.15. The van der Waals surface area contributed by atoms with Crippen molar-refractivity contribution in [3.05, 3.63) is 49.9 Å². The Kier molecular flexibility index (Phi) is 6.45. The fourth-order valence-corrected chi connectivity index (χ4v) is 3.40. The van der Waals surface area contributed by atoms with Crippen LogP contribution in [0.4, 0.5) is 5.69 Å². The van der Waals surface area contributed by atoms with Crippen molar-refractivity contribution >= 4 is 72.4 Å². The second-order valence-electron chi connectivity index (χ2n) is 4.54. The minimum atomic E-state index is -0.455. The van der Waals surface area contributed by atoms with E-state index in [9.17, 15) is 9.90 Å². The van der Waals surface area contributed by atoms with Gasteiger partial charge in [-0.3, -0.25) is 10.1 Å². The predicted octanol–water partition coefficient (Wildman–Crippen LogP) is 4.71. The van der Waals surface area contributed by atoms with Gasteiger partial charge in [-0.05, 0) is 74.4 Å². The maximum atomic E-state index is 12.3. The average molecular weight is 495 g/mol. The normalized spacial score (nSPS) is 10.2. The van der Waals surface area contributed by atoms with E-state index in [1.807, 2.05) is 0 Å². The van der Waals surface area contributed by atoms with Gasteiger partial charge >= 0.3 is 0 Å². The van der Waals surface area contributed by atoms with Crippen molar-refractivity contribution in [3.63, 3.8) is 0 Å². The summed E-state index contributed by atoms with van der Waals surface area (Å²) in [5.74, 6) is -0.00208. The number of hydrogen-bond acceptors (Lipinski definition) is 4. The number of thiocarbonyl (C=S) groups is 1. The molecule has 0 aliphatic heterocycles. The number of methoxy groups -OCH3 is 1. The van der Waals surface area contributed by atoms with E-state index in [2.05, 4.69) is 42.5 Å². The van der Waals surface area contributed by atoms with E-state index in [0.717, 1.165) is 0 Å². The van der Waals surface area contributed by atoms with E-state index in [-0.39, 0.29) is 16.4 Å². The summed E-state index contributed by atoms with van der Waals surface area (Å²) in [6.45, 7) is 0. The molecule has 5 nitrogen and oxygen atoms in total. The first-order valence-corrected chi connectivity index (χ1v) is 8.83. The number of hydrogen-bond donors (Lipinski definition) is 3. The highest BCUT2D eigenvalue weighted by Gasteiger charge is 2.15. The quantitative estimate of drug-likeness (QED) is 0.426. The zero-order chi connectivity index (χ0) is 17.9. The number of ether oxygens (including phenoxy) is 1. The molecule has 0 aromatic heterocycles. The van der Waals surface area contributed by atoms with Gasteiger partial charge in [0.2, 0.25) is 0 Å². The molecule has 0 spiro atoms. The van der Waals surface area contributed by atoms with Gasteiger partial charge in [-0.2, -0.15) is 0 Å². The highest BCUT2D eigenvalue weighted by Crippen LogP contribution is 2.35. The van der Waals surface area contributed by atoms with E-state index < -0.39 is 5.91 Å². The van der Waals surface area contributed by atoms with Crippen molar-refractivity contribution in [2.24, 2.45) is 0 Å². The lowest BCUT2D eigenvalue weighted by molar-refractivity contribution is 0.0975. The smallest absolute Gasteiger partial charge is 0.261 e. The van der Waals surface area contributed by atoms with Gasteiger partial charge in [-0.1, -0.05) is 11.6 Å². The lowest BCUT2D eigenvalue weighted by Crippen LogP contribution is -2.34. The molecule has 126 valence electrons. The van der Waals surface area contributed by atoms with Crippen LogP contribution < -0.4 is 15.4 Å². The maximum Gasteiger partial charge on any atom is 0.261 e. The first kappa shape index (κ1) is 19.0. The molecule has 0 fully saturated rings. The van der Waals surface area contributed by atoms with Crippen LogP contribution in [0.1, 0.15) is 10.4 Å². The Morgan fingerprint density at radius 3 is 2.46 bits per heavy atom. The summed E-state index contributed by atoms with van der Waals surface area (Å²) in [5, 5.41) is 15.6. The van der Waals surface area contributed by atoms with Crippen LogP contribution in [0, 0.1) is 0 Å². The SMILES string of the molecule is COc1ccc(Cl)cc1C(=O)NC(=S)Nc1cc(Br)c(O)c(Br)c1. The van der Waals surface area contributed by atoms with E-state index in [1.54, 1.807) is 24.3 Å². The van der Waals surface area contributed by atoms with Crippen LogP contribution in [0.25, 0.3) is 0 Å². The van der Waals surface area contributed by atoms with Crippen LogP contribution in [0.5, 0.6) is 11.5 Å². The number of rotatable bonds is 3. The van der Waals surface area contributed by atoms with E-state index >= 15 is 0 Å². The molecule has 1 amide bonds. The highest BCUT2D eigenvalue weighted by atomic mass is 79.9. The summed E-state index contributed by atoms with van der Waals surface area (Å²) in [6, 6.07) is 7.96. The lowest BCUT2D eigenvalue weighted by Gasteiger charge is -2.13. The first-order chi connectivity index (χ1) is 11.3. The van der Waals surface area contributed by atoms with Crippen LogP contribution in [0.3, 0.4) is 0 Å². The summed E-state index contributed by atoms with van der Waals surface area (Å²) in [6.07, 6.45) is 0. The van der Waals surface area contributed by atoms with Gasteiger partial charge in [0, 0.05) is 10.7 Å². The molecule has 2 aromatic carbocycles. The molecule has 9 heteroatoms. The molecular weight excluding hydrogens is 484 g/mol. The summed E-state index contributed by atoms with van der Waals surface area (Å²) in [4.78, 5) is 12.3. The number of halogens is 3. The molecule has 0 saturated carbocycles. The number of carbonyl (C=O) groups is 1. The number of phenolic OH excluding ortho intramolecular Hbond substituents is 1. The van der Waals surface area contributed by atoms with Crippen molar-refractivity contribution in [1.82, 2.24) is 5.32 Å². The molecule has 0 aliphatic rings. The molecule has 2 rings (SSSR count). The predicted molar refractivity (Wildman–Crippen MR) is 105 cm³/mol. The molecule has 0 aliphatic carbocycles. The van der Waals surface area contributed by atoms with Gasteiger partial charge in [-0.15, -0.1) is 0 Å². The zero-order valence-corrected chi connectivity index (χ0v) is 16.9. The largest absolute Gasteiger partial charge is 0.506 e. The number of benzene rings is 2. The summed E-state index contributed by atoms with van der Waals surface area (Å²) in [5.41, 5.74) is 0.845. The van der Waals surface area contributed by atoms with Crippen molar-refractivity contribution in [3.8, 4) is 11.5 Å². The number of anilines is 1. The summed E-state index contributed by atoms with van der Waals surface area (Å²) >= 11 is 17.5. The Morgan fingerprint density at radius 2 is 1.88 bits per heavy atom. The van der Waals surface area contributed by atoms with E-state index in [0.29, 0.717) is 25.4 Å². The number of nitrogens with one attached hydrogen (secondary N) is 2. The molecule has 0 radical (unpaired) electrons. The van der Waals surface area contributed by atoms with Crippen LogP contribution >= 0.6 is 55.7 Å². The zero-order valence-electron chi connectivity index (χ0n) is 12.2. The topological polar surface area (TPSA) is 70.6 Å². The number of carbonyl (C=O) groups excluding carboxylic acids is 1. The average Bonchev–Trinajstić information content (AvgIpc) is 2.52. The fraction of sp³-hybridized carbons (Fsp3) is 0.0667. The van der Waals surface area contributed by atoms with Crippen LogP contribution in [0.2, 0.25) is 5.02 Å². The number of aromatic hydroxyl groups is 1. The van der Waals surface area contributed by atoms with Gasteiger partial charge in [0.15, 0.2) is 5.11 Å². The highest BCUT2D eigenvalue weighted by molar-refractivity contribution is 9.11. The Bertz CT molecular complexity index is 794. The van der Waals surface area contributed by atoms with Crippen molar-refractivity contribution in [1.29, 1.82) is 0 Å². The Morgan fingerprint density at radius 1 is 1.25 bits per heavy atom. The number of amides is 1. The maximum absolute atomic E-state index is 12.3. The summed E-state index contributed by atoms with van der Waals surface area (Å²) in [7, 11) is 1.46. The third-order valence-electron chi connectivity index (χ3n) is 2.91. The molecule has 0 atom stereocenters. The molecular formula is C15H11Br2ClN2O3S. The molecule has 2 aromatic rings. The van der Waals surface area contributed by atoms with Crippen molar-refractivity contribution in [2.75, 3.05) is 12.4 Å². The van der Waals surface area contributed by atoms with E-state index in [4.69, 9.17) is 28.6 Å². The second-order valence-corrected chi connectivity index (χ2v) is 7.09. The monoisotopic (exact) mass is 492 g/mol. The van der Waals surface area contributed by atoms with Crippen molar-refractivity contribution in [2.45, 2.75) is 0 Å². The van der Waals surface area contributed by atoms with Crippen LogP contribution in [0.15, 0.2) is 39.3 Å². The van der Waals surface area contributed by atoms with Crippen LogP contribution in [-0.4, -0.2) is 23.2 Å². The molecule has 0 heterocycles. The fourth-order valence-electron chi connectivity index (χ4n) is 1.83. The Balaban J connectivity index is 2.13. The van der Waals surface area contributed by atoms with Gasteiger partial charge in [0.05, 0.1) is 21.6 Å². The van der Waals surface area contributed by atoms with Gasteiger partial charge in [0.1, 0.15) is 11.5 Å². The molecule has 3 N–H and O–H groups in total. The van der Waals surface area contributed by atoms with Crippen LogP contribution in [-0.2, 0) is 0 Å². The molecule has 0 bridgehead atoms. The Labute approximate surface area is 165 Å². The standard InChI is InChI=1S/C15H11Br2ClN2O3S/c1-23-12-3-2-7(18)4-9(12)14(22)20-15(24)19-8-5-10(16)13(21)11(17)6-8/h2-6,21H,1H3,(H2,19,20,22,24). The Hall–Kier alpha value is -1.35. The van der Waals surface area contributed by atoms with E-state index in [1.165, 1.54) is 13.2 Å². The molecule has 0 unspecified atom stereocenters. The van der Waals surface area contributed by atoms with Crippen molar-refractivity contribution < 1.29 is 14.6 Å². The number of phenols is 1. The minimum absolute atomic E-state index is 0.0687. The third-order valence-corrected chi connectivity index (χ3v) is 4.56. The van der Waals surface area contributed by atoms with Gasteiger partial charge in [0.25, 0.3) is 5.91 Å². The molecule has 0 saturated heterocycles. The lowest BCUT2D eigenvalue weighted by atomic mass is 10.2. The molecule has 24 heavy (non-hydrogen) atoms. The minimum Gasteiger partial charge on any atom is -0.506 e. The first-order valence-electron chi connectivity index (χ1n) is 6.45. The summed E-state index contributed by atoms with van der Waals surface area (Å²) < 4.78 is 6.10. The third kappa shape index (κ3) is 4.60. The van der Waals surface area contributed by atoms with Gasteiger partial charge in [-0.25, -0.2) is 0 Å². The van der Waals surface area contributed by atoms with Gasteiger partial charge < -0.3 is 15.2 Å².